The van der Waals surface area contributed by atoms with Crippen LogP contribution in [0.5, 0.6) is 5.75 Å². The number of nitrogens with zero attached hydrogens (tertiary/aromatic N) is 2. The number of pyridine rings is 2. The van der Waals surface area contributed by atoms with E-state index in [2.05, 4.69) is 20.6 Å². The number of nitrogens with one attached hydrogen (secondary N) is 2. The summed E-state index contributed by atoms with van der Waals surface area (Å²) >= 11 is 0. The van der Waals surface area contributed by atoms with E-state index in [-0.39, 0.29) is 17.1 Å². The van der Waals surface area contributed by atoms with Crippen LogP contribution >= 0.6 is 0 Å². The van der Waals surface area contributed by atoms with Crippen molar-refractivity contribution < 1.29 is 23.1 Å². The maximum absolute atomic E-state index is 12.9. The Balaban J connectivity index is 1.79. The zero-order chi connectivity index (χ0) is 20.1. The highest BCUT2D eigenvalue weighted by Gasteiger charge is 2.31. The molecular formula is C19H15F3N4O2. The Morgan fingerprint density at radius 3 is 2.54 bits per heavy atom. The van der Waals surface area contributed by atoms with Crippen molar-refractivity contribution in [2.45, 2.75) is 12.7 Å². The highest BCUT2D eigenvalue weighted by molar-refractivity contribution is 6.07. The summed E-state index contributed by atoms with van der Waals surface area (Å²) in [6.07, 6.45) is 0.0951. The van der Waals surface area contributed by atoms with E-state index in [9.17, 15) is 23.1 Å². The van der Waals surface area contributed by atoms with Crippen molar-refractivity contribution in [1.29, 1.82) is 0 Å². The quantitative estimate of drug-likeness (QED) is 0.614. The first-order chi connectivity index (χ1) is 13.3. The molecule has 9 heteroatoms. The van der Waals surface area contributed by atoms with Gasteiger partial charge in [-0.15, -0.1) is 0 Å². The van der Waals surface area contributed by atoms with Crippen LogP contribution in [-0.2, 0) is 12.7 Å². The second kappa shape index (κ2) is 7.95. The lowest BCUT2D eigenvalue weighted by Gasteiger charge is -2.13. The Hall–Kier alpha value is -3.62. The summed E-state index contributed by atoms with van der Waals surface area (Å²) in [5, 5.41) is 14.9. The zero-order valence-electron chi connectivity index (χ0n) is 14.4. The molecule has 0 fully saturated rings. The van der Waals surface area contributed by atoms with Crippen molar-refractivity contribution in [2.75, 3.05) is 10.6 Å². The lowest BCUT2D eigenvalue weighted by Crippen LogP contribution is -2.16. The van der Waals surface area contributed by atoms with Gasteiger partial charge in [0.1, 0.15) is 11.6 Å². The van der Waals surface area contributed by atoms with Crippen LogP contribution in [0.2, 0.25) is 0 Å². The number of amides is 1. The molecule has 2 aromatic heterocycles. The van der Waals surface area contributed by atoms with Crippen LogP contribution in [0.15, 0.2) is 61.1 Å². The minimum absolute atomic E-state index is 0.147. The molecule has 0 saturated carbocycles. The molecule has 1 aromatic carbocycles. The number of aromatic nitrogens is 2. The van der Waals surface area contributed by atoms with Gasteiger partial charge in [-0.3, -0.25) is 9.78 Å². The van der Waals surface area contributed by atoms with Gasteiger partial charge in [0.2, 0.25) is 0 Å². The molecule has 6 nitrogen and oxygen atoms in total. The van der Waals surface area contributed by atoms with Gasteiger partial charge in [0.15, 0.2) is 0 Å². The smallest absolute Gasteiger partial charge is 0.416 e. The second-order valence-electron chi connectivity index (χ2n) is 5.83. The topological polar surface area (TPSA) is 87.1 Å². The molecule has 3 N–H and O–H groups in total. The van der Waals surface area contributed by atoms with Crippen molar-refractivity contribution in [1.82, 2.24) is 9.97 Å². The fourth-order valence-corrected chi connectivity index (χ4v) is 2.46. The predicted molar refractivity (Wildman–Crippen MR) is 96.9 cm³/mol. The number of phenols is 1. The molecule has 3 rings (SSSR count). The van der Waals surface area contributed by atoms with E-state index in [1.54, 1.807) is 24.5 Å². The molecule has 1 amide bonds. The monoisotopic (exact) mass is 388 g/mol. The average molecular weight is 388 g/mol. The number of halogens is 3. The molecule has 0 aliphatic heterocycles. The molecule has 144 valence electrons. The van der Waals surface area contributed by atoms with Crippen molar-refractivity contribution in [3.63, 3.8) is 0 Å². The van der Waals surface area contributed by atoms with Crippen LogP contribution in [0, 0.1) is 0 Å². The van der Waals surface area contributed by atoms with E-state index in [4.69, 9.17) is 0 Å². The van der Waals surface area contributed by atoms with Gasteiger partial charge in [-0.2, -0.15) is 13.2 Å². The highest BCUT2D eigenvalue weighted by Crippen LogP contribution is 2.34. The number of benzene rings is 1. The van der Waals surface area contributed by atoms with Crippen molar-refractivity contribution in [2.24, 2.45) is 0 Å². The molecule has 0 radical (unpaired) electrons. The number of aromatic hydroxyl groups is 1. The Morgan fingerprint density at radius 2 is 1.82 bits per heavy atom. The van der Waals surface area contributed by atoms with Crippen molar-refractivity contribution >= 4 is 17.4 Å². The summed E-state index contributed by atoms with van der Waals surface area (Å²) in [5.41, 5.74) is -0.186. The van der Waals surface area contributed by atoms with Gasteiger partial charge in [0.05, 0.1) is 11.1 Å². The lowest BCUT2D eigenvalue weighted by atomic mass is 10.1. The molecule has 28 heavy (non-hydrogen) atoms. The van der Waals surface area contributed by atoms with Crippen LogP contribution < -0.4 is 10.6 Å². The van der Waals surface area contributed by atoms with Crippen LogP contribution in [0.3, 0.4) is 0 Å². The van der Waals surface area contributed by atoms with Crippen LogP contribution in [-0.4, -0.2) is 21.0 Å². The Labute approximate surface area is 158 Å². The first-order valence-electron chi connectivity index (χ1n) is 8.13. The molecule has 0 atom stereocenters. The van der Waals surface area contributed by atoms with Gasteiger partial charge in [-0.1, -0.05) is 0 Å². The SMILES string of the molecule is O=C(Nc1cc(O)cc(C(F)(F)F)c1)c1cccnc1NCc1ccncc1. The van der Waals surface area contributed by atoms with E-state index in [0.29, 0.717) is 12.6 Å². The molecular weight excluding hydrogens is 373 g/mol. The second-order valence-corrected chi connectivity index (χ2v) is 5.83. The number of carbonyl (C=O) groups excluding carboxylic acids is 1. The molecule has 0 aliphatic carbocycles. The third-order valence-corrected chi connectivity index (χ3v) is 3.76. The Morgan fingerprint density at radius 1 is 1.07 bits per heavy atom. The summed E-state index contributed by atoms with van der Waals surface area (Å²) in [5.74, 6) is -0.996. The maximum atomic E-state index is 12.9. The number of hydrogen-bond donors (Lipinski definition) is 3. The Bertz CT molecular complexity index is 978. The number of carbonyl (C=O) groups is 1. The van der Waals surface area contributed by atoms with E-state index in [1.807, 2.05) is 0 Å². The third-order valence-electron chi connectivity index (χ3n) is 3.76. The van der Waals surface area contributed by atoms with E-state index >= 15 is 0 Å². The minimum Gasteiger partial charge on any atom is -0.508 e. The summed E-state index contributed by atoms with van der Waals surface area (Å²) in [6, 6.07) is 8.98. The lowest BCUT2D eigenvalue weighted by molar-refractivity contribution is -0.137. The van der Waals surface area contributed by atoms with E-state index in [0.717, 1.165) is 17.7 Å². The fourth-order valence-electron chi connectivity index (χ4n) is 2.46. The summed E-state index contributed by atoms with van der Waals surface area (Å²) in [6.45, 7) is 0.379. The Kier molecular flexibility index (Phi) is 5.44. The maximum Gasteiger partial charge on any atom is 0.416 e. The van der Waals surface area contributed by atoms with Crippen molar-refractivity contribution in [3.8, 4) is 5.75 Å². The number of alkyl halides is 3. The van der Waals surface area contributed by atoms with Crippen molar-refractivity contribution in [3.05, 3.63) is 77.7 Å². The van der Waals surface area contributed by atoms with Crippen LogP contribution in [0.25, 0.3) is 0 Å². The van der Waals surface area contributed by atoms with Crippen LogP contribution in [0.1, 0.15) is 21.5 Å². The first-order valence-corrected chi connectivity index (χ1v) is 8.13. The summed E-state index contributed by atoms with van der Waals surface area (Å²) in [4.78, 5) is 20.6. The first kappa shape index (κ1) is 19.2. The van der Waals surface area contributed by atoms with E-state index in [1.165, 1.54) is 18.3 Å². The van der Waals surface area contributed by atoms with Gasteiger partial charge in [-0.25, -0.2) is 4.98 Å². The molecule has 2 heterocycles. The van der Waals surface area contributed by atoms with Crippen LogP contribution in [0.4, 0.5) is 24.7 Å². The predicted octanol–water partition coefficient (Wildman–Crippen LogP) is 4.07. The van der Waals surface area contributed by atoms with Gasteiger partial charge in [0, 0.05) is 36.9 Å². The number of anilines is 2. The molecule has 0 saturated heterocycles. The normalized spacial score (nSPS) is 11.1. The number of rotatable bonds is 5. The third kappa shape index (κ3) is 4.76. The van der Waals surface area contributed by atoms with Gasteiger partial charge < -0.3 is 15.7 Å². The summed E-state index contributed by atoms with van der Waals surface area (Å²) in [7, 11) is 0. The fraction of sp³-hybridized carbons (Fsp3) is 0.105. The van der Waals surface area contributed by atoms with Gasteiger partial charge in [0.25, 0.3) is 5.91 Å². The van der Waals surface area contributed by atoms with E-state index < -0.39 is 23.4 Å². The molecule has 0 bridgehead atoms. The largest absolute Gasteiger partial charge is 0.508 e. The average Bonchev–Trinajstić information content (AvgIpc) is 2.66. The number of hydrogen-bond acceptors (Lipinski definition) is 5. The minimum atomic E-state index is -4.65. The zero-order valence-corrected chi connectivity index (χ0v) is 14.4. The molecule has 0 aliphatic rings. The summed E-state index contributed by atoms with van der Waals surface area (Å²) < 4.78 is 38.7. The highest BCUT2D eigenvalue weighted by atomic mass is 19.4. The molecule has 0 spiro atoms. The molecule has 3 aromatic rings. The molecule has 0 unspecified atom stereocenters. The number of phenolic OH excluding ortho intramolecular Hbond substituents is 1. The van der Waals surface area contributed by atoms with Gasteiger partial charge >= 0.3 is 6.18 Å². The standard InChI is InChI=1S/C19H15F3N4O2/c20-19(21,22)13-8-14(10-15(27)9-13)26-18(28)16-2-1-5-24-17(16)25-11-12-3-6-23-7-4-12/h1-10,27H,11H2,(H,24,25)(H,26,28). The van der Waals surface area contributed by atoms with Gasteiger partial charge in [-0.05, 0) is 42.0 Å².